The Balaban J connectivity index is 1.47. The second kappa shape index (κ2) is 9.30. The van der Waals surface area contributed by atoms with Gasteiger partial charge < -0.3 is 14.7 Å². The molecule has 0 saturated carbocycles. The average Bonchev–Trinajstić information content (AvgIpc) is 3.21. The normalized spacial score (nSPS) is 14.9. The molecule has 2 heterocycles. The summed E-state index contributed by atoms with van der Waals surface area (Å²) in [6.07, 6.45) is 3.00. The summed E-state index contributed by atoms with van der Waals surface area (Å²) in [4.78, 5) is 30.3. The number of hydrogen-bond donors (Lipinski definition) is 1. The van der Waals surface area contributed by atoms with Gasteiger partial charge in [0.05, 0.1) is 0 Å². The third kappa shape index (κ3) is 5.15. The average molecular weight is 370 g/mol. The number of likely N-dealkylation sites (tertiary alicyclic amines) is 1. The SMILES string of the molecule is CCCNC(=O)CCC(=O)N1CCC(c2nc(-c3ccccc3)no2)CC1. The Kier molecular flexibility index (Phi) is 6.57. The van der Waals surface area contributed by atoms with Gasteiger partial charge in [0.1, 0.15) is 0 Å². The van der Waals surface area contributed by atoms with E-state index in [2.05, 4.69) is 15.5 Å². The highest BCUT2D eigenvalue weighted by atomic mass is 16.5. The van der Waals surface area contributed by atoms with E-state index in [1.54, 1.807) is 0 Å². The molecule has 0 unspecified atom stereocenters. The highest BCUT2D eigenvalue weighted by Crippen LogP contribution is 2.28. The predicted molar refractivity (Wildman–Crippen MR) is 101 cm³/mol. The number of nitrogens with one attached hydrogen (secondary N) is 1. The van der Waals surface area contributed by atoms with Crippen LogP contribution in [0, 0.1) is 0 Å². The van der Waals surface area contributed by atoms with Crippen molar-refractivity contribution < 1.29 is 14.1 Å². The van der Waals surface area contributed by atoms with E-state index in [1.807, 2.05) is 42.2 Å². The van der Waals surface area contributed by atoms with Crippen LogP contribution in [-0.2, 0) is 9.59 Å². The molecule has 2 aromatic rings. The molecule has 7 nitrogen and oxygen atoms in total. The van der Waals surface area contributed by atoms with Gasteiger partial charge in [-0.3, -0.25) is 9.59 Å². The van der Waals surface area contributed by atoms with Gasteiger partial charge in [-0.05, 0) is 19.3 Å². The van der Waals surface area contributed by atoms with Gasteiger partial charge in [0, 0.05) is 44.0 Å². The van der Waals surface area contributed by atoms with Crippen molar-refractivity contribution in [2.75, 3.05) is 19.6 Å². The quantitative estimate of drug-likeness (QED) is 0.810. The second-order valence-corrected chi connectivity index (χ2v) is 6.83. The Labute approximate surface area is 159 Å². The van der Waals surface area contributed by atoms with Crippen LogP contribution in [0.15, 0.2) is 34.9 Å². The molecule has 0 bridgehead atoms. The topological polar surface area (TPSA) is 88.3 Å². The number of aromatic nitrogens is 2. The summed E-state index contributed by atoms with van der Waals surface area (Å²) in [5.41, 5.74) is 0.932. The Morgan fingerprint density at radius 1 is 1.19 bits per heavy atom. The summed E-state index contributed by atoms with van der Waals surface area (Å²) in [6, 6.07) is 9.74. The van der Waals surface area contributed by atoms with E-state index in [0.717, 1.165) is 24.8 Å². The molecule has 1 aliphatic heterocycles. The van der Waals surface area contributed by atoms with Crippen molar-refractivity contribution in [1.82, 2.24) is 20.4 Å². The maximum atomic E-state index is 12.3. The molecule has 0 radical (unpaired) electrons. The van der Waals surface area contributed by atoms with Crippen molar-refractivity contribution in [2.24, 2.45) is 0 Å². The first-order valence-electron chi connectivity index (χ1n) is 9.61. The van der Waals surface area contributed by atoms with Gasteiger partial charge in [0.2, 0.25) is 23.5 Å². The van der Waals surface area contributed by atoms with Crippen molar-refractivity contribution in [2.45, 2.75) is 44.9 Å². The molecule has 1 aromatic heterocycles. The highest BCUT2D eigenvalue weighted by Gasteiger charge is 2.27. The van der Waals surface area contributed by atoms with Crippen molar-refractivity contribution >= 4 is 11.8 Å². The number of rotatable bonds is 7. The molecule has 0 aliphatic carbocycles. The van der Waals surface area contributed by atoms with Crippen LogP contribution in [0.2, 0.25) is 0 Å². The lowest BCUT2D eigenvalue weighted by molar-refractivity contribution is -0.134. The summed E-state index contributed by atoms with van der Waals surface area (Å²) < 4.78 is 5.45. The number of nitrogens with zero attached hydrogens (tertiary/aromatic N) is 3. The van der Waals surface area contributed by atoms with Gasteiger partial charge in [-0.25, -0.2) is 0 Å². The Morgan fingerprint density at radius 3 is 2.63 bits per heavy atom. The summed E-state index contributed by atoms with van der Waals surface area (Å²) in [7, 11) is 0. The summed E-state index contributed by atoms with van der Waals surface area (Å²) in [5.74, 6) is 1.39. The van der Waals surface area contributed by atoms with Crippen molar-refractivity contribution in [3.05, 3.63) is 36.2 Å². The molecule has 2 amide bonds. The lowest BCUT2D eigenvalue weighted by Gasteiger charge is -2.30. The molecule has 0 spiro atoms. The maximum absolute atomic E-state index is 12.3. The molecule has 144 valence electrons. The second-order valence-electron chi connectivity index (χ2n) is 6.83. The third-order valence-corrected chi connectivity index (χ3v) is 4.81. The lowest BCUT2D eigenvalue weighted by atomic mass is 9.96. The van der Waals surface area contributed by atoms with Crippen LogP contribution in [0.4, 0.5) is 0 Å². The summed E-state index contributed by atoms with van der Waals surface area (Å²) in [6.45, 7) is 3.97. The van der Waals surface area contributed by atoms with Crippen LogP contribution < -0.4 is 5.32 Å². The number of carbonyl (C=O) groups is 2. The van der Waals surface area contributed by atoms with E-state index in [1.165, 1.54) is 0 Å². The summed E-state index contributed by atoms with van der Waals surface area (Å²) in [5, 5.41) is 6.88. The molecule has 27 heavy (non-hydrogen) atoms. The van der Waals surface area contributed by atoms with E-state index in [4.69, 9.17) is 4.52 Å². The summed E-state index contributed by atoms with van der Waals surface area (Å²) >= 11 is 0. The van der Waals surface area contributed by atoms with Crippen LogP contribution in [0.5, 0.6) is 0 Å². The zero-order chi connectivity index (χ0) is 19.1. The molecular formula is C20H26N4O3. The van der Waals surface area contributed by atoms with Gasteiger partial charge in [0.15, 0.2) is 0 Å². The van der Waals surface area contributed by atoms with Crippen molar-refractivity contribution in [3.63, 3.8) is 0 Å². The van der Waals surface area contributed by atoms with Gasteiger partial charge in [0.25, 0.3) is 0 Å². The van der Waals surface area contributed by atoms with E-state index in [0.29, 0.717) is 31.3 Å². The number of benzene rings is 1. The van der Waals surface area contributed by atoms with Gasteiger partial charge in [-0.15, -0.1) is 0 Å². The monoisotopic (exact) mass is 370 g/mol. The Hall–Kier alpha value is -2.70. The van der Waals surface area contributed by atoms with Crippen LogP contribution in [0.1, 0.15) is 50.8 Å². The molecular weight excluding hydrogens is 344 g/mol. The number of hydrogen-bond acceptors (Lipinski definition) is 5. The molecule has 1 aliphatic rings. The highest BCUT2D eigenvalue weighted by molar-refractivity contribution is 5.83. The number of carbonyl (C=O) groups excluding carboxylic acids is 2. The Bertz CT molecular complexity index is 752. The molecule has 1 aromatic carbocycles. The smallest absolute Gasteiger partial charge is 0.230 e. The van der Waals surface area contributed by atoms with Crippen LogP contribution >= 0.6 is 0 Å². The zero-order valence-electron chi connectivity index (χ0n) is 15.7. The predicted octanol–water partition coefficient (Wildman–Crippen LogP) is 2.75. The fourth-order valence-corrected chi connectivity index (χ4v) is 3.21. The fourth-order valence-electron chi connectivity index (χ4n) is 3.21. The van der Waals surface area contributed by atoms with Crippen LogP contribution in [0.25, 0.3) is 11.4 Å². The van der Waals surface area contributed by atoms with Gasteiger partial charge in [-0.2, -0.15) is 4.98 Å². The zero-order valence-corrected chi connectivity index (χ0v) is 15.7. The third-order valence-electron chi connectivity index (χ3n) is 4.81. The maximum Gasteiger partial charge on any atom is 0.230 e. The number of piperidine rings is 1. The fraction of sp³-hybridized carbons (Fsp3) is 0.500. The minimum atomic E-state index is -0.0561. The van der Waals surface area contributed by atoms with Gasteiger partial charge in [-0.1, -0.05) is 42.4 Å². The molecule has 1 fully saturated rings. The first-order chi connectivity index (χ1) is 13.2. The van der Waals surface area contributed by atoms with E-state index < -0.39 is 0 Å². The molecule has 0 atom stereocenters. The largest absolute Gasteiger partial charge is 0.356 e. The first kappa shape index (κ1) is 19.1. The van der Waals surface area contributed by atoms with E-state index in [9.17, 15) is 9.59 Å². The minimum Gasteiger partial charge on any atom is -0.356 e. The standard InChI is InChI=1S/C20H26N4O3/c1-2-12-21-17(25)8-9-18(26)24-13-10-16(11-14-24)20-22-19(23-27-20)15-6-4-3-5-7-15/h3-7,16H,2,8-14H2,1H3,(H,21,25). The minimum absolute atomic E-state index is 0.0376. The van der Waals surface area contributed by atoms with Crippen LogP contribution in [-0.4, -0.2) is 46.5 Å². The molecule has 1 saturated heterocycles. The van der Waals surface area contributed by atoms with Crippen LogP contribution in [0.3, 0.4) is 0 Å². The molecule has 1 N–H and O–H groups in total. The molecule has 3 rings (SSSR count). The number of amides is 2. The van der Waals surface area contributed by atoms with Crippen molar-refractivity contribution in [1.29, 1.82) is 0 Å². The lowest BCUT2D eigenvalue weighted by Crippen LogP contribution is -2.38. The Morgan fingerprint density at radius 2 is 1.93 bits per heavy atom. The first-order valence-corrected chi connectivity index (χ1v) is 9.61. The molecule has 7 heteroatoms. The van der Waals surface area contributed by atoms with E-state index in [-0.39, 0.29) is 30.6 Å². The van der Waals surface area contributed by atoms with Gasteiger partial charge >= 0.3 is 0 Å². The van der Waals surface area contributed by atoms with E-state index >= 15 is 0 Å². The van der Waals surface area contributed by atoms with Crippen molar-refractivity contribution in [3.8, 4) is 11.4 Å².